The first kappa shape index (κ1) is 19.2. The van der Waals surface area contributed by atoms with Crippen molar-refractivity contribution >= 4 is 11.7 Å². The highest BCUT2D eigenvalue weighted by Crippen LogP contribution is 2.31. The average Bonchev–Trinajstić information content (AvgIpc) is 2.66. The molecule has 1 N–H and O–H groups in total. The van der Waals surface area contributed by atoms with Gasteiger partial charge in [-0.1, -0.05) is 18.2 Å². The highest BCUT2D eigenvalue weighted by Gasteiger charge is 2.34. The number of aromatic nitrogens is 1. The molecule has 0 bridgehead atoms. The van der Waals surface area contributed by atoms with Crippen LogP contribution in [0.3, 0.4) is 0 Å². The molecule has 1 aliphatic rings. The van der Waals surface area contributed by atoms with Crippen molar-refractivity contribution in [3.05, 3.63) is 59.3 Å². The van der Waals surface area contributed by atoms with E-state index < -0.39 is 23.2 Å². The third-order valence-corrected chi connectivity index (χ3v) is 4.30. The summed E-state index contributed by atoms with van der Waals surface area (Å²) >= 11 is 0. The second-order valence-corrected chi connectivity index (χ2v) is 6.38. The largest absolute Gasteiger partial charge is 0.417 e. The minimum atomic E-state index is -4.58. The lowest BCUT2D eigenvalue weighted by Crippen LogP contribution is -2.41. The molecular weight excluding hydrogens is 359 g/mol. The molecule has 1 saturated heterocycles. The first-order chi connectivity index (χ1) is 12.8. The maximum absolute atomic E-state index is 13.0. The predicted octanol–water partition coefficient (Wildman–Crippen LogP) is 3.26. The van der Waals surface area contributed by atoms with Crippen LogP contribution in [0.1, 0.15) is 28.4 Å². The van der Waals surface area contributed by atoms with Crippen LogP contribution < -0.4 is 10.2 Å². The number of amides is 1. The smallest absolute Gasteiger partial charge is 0.375 e. The Morgan fingerprint density at radius 1 is 1.30 bits per heavy atom. The van der Waals surface area contributed by atoms with Crippen molar-refractivity contribution in [1.82, 2.24) is 10.3 Å². The zero-order valence-corrected chi connectivity index (χ0v) is 14.8. The van der Waals surface area contributed by atoms with E-state index in [1.54, 1.807) is 12.3 Å². The molecule has 0 radical (unpaired) electrons. The van der Waals surface area contributed by atoms with Gasteiger partial charge in [0.2, 0.25) is 0 Å². The van der Waals surface area contributed by atoms with Gasteiger partial charge < -0.3 is 15.0 Å². The summed E-state index contributed by atoms with van der Waals surface area (Å²) in [5, 5.41) is 2.52. The summed E-state index contributed by atoms with van der Waals surface area (Å²) in [4.78, 5) is 18.7. The molecule has 27 heavy (non-hydrogen) atoms. The molecule has 144 valence electrons. The van der Waals surface area contributed by atoms with E-state index >= 15 is 0 Å². The van der Waals surface area contributed by atoms with E-state index in [1.165, 1.54) is 18.2 Å². The van der Waals surface area contributed by atoms with E-state index in [1.807, 2.05) is 13.0 Å². The van der Waals surface area contributed by atoms with Crippen LogP contribution in [0.5, 0.6) is 0 Å². The summed E-state index contributed by atoms with van der Waals surface area (Å²) in [5.41, 5.74) is -0.632. The molecule has 0 unspecified atom stereocenters. The van der Waals surface area contributed by atoms with Gasteiger partial charge in [-0.2, -0.15) is 13.2 Å². The third-order valence-electron chi connectivity index (χ3n) is 4.30. The van der Waals surface area contributed by atoms with Gasteiger partial charge in [0.05, 0.1) is 23.8 Å². The van der Waals surface area contributed by atoms with Gasteiger partial charge >= 0.3 is 6.18 Å². The van der Waals surface area contributed by atoms with E-state index in [0.29, 0.717) is 12.2 Å². The van der Waals surface area contributed by atoms with Gasteiger partial charge in [0.1, 0.15) is 5.82 Å². The molecule has 1 aromatic heterocycles. The van der Waals surface area contributed by atoms with Crippen molar-refractivity contribution in [1.29, 1.82) is 0 Å². The number of rotatable bonds is 4. The Morgan fingerprint density at radius 3 is 2.74 bits per heavy atom. The van der Waals surface area contributed by atoms with E-state index in [-0.39, 0.29) is 12.6 Å². The Hall–Kier alpha value is -2.61. The van der Waals surface area contributed by atoms with E-state index in [0.717, 1.165) is 25.0 Å². The van der Waals surface area contributed by atoms with Gasteiger partial charge in [-0.3, -0.25) is 4.79 Å². The number of nitrogens with one attached hydrogen (secondary N) is 1. The lowest BCUT2D eigenvalue weighted by molar-refractivity contribution is -0.137. The number of alkyl halides is 3. The summed E-state index contributed by atoms with van der Waals surface area (Å²) in [6.07, 6.45) is -2.83. The molecule has 1 aliphatic heterocycles. The number of hydrogen-bond acceptors (Lipinski definition) is 4. The number of anilines is 1. The maximum Gasteiger partial charge on any atom is 0.417 e. The number of carbonyl (C=O) groups is 1. The standard InChI is InChI=1S/C19H20F3N3O2/c1-13-12-25(8-9-27-13)17-7-6-14(10-23-17)11-24-18(26)15-4-2-3-5-16(15)19(20,21)22/h2-7,10,13H,8-9,11-12H2,1H3,(H,24,26)/t13-/m1/s1. The van der Waals surface area contributed by atoms with E-state index in [2.05, 4.69) is 15.2 Å². The molecule has 0 saturated carbocycles. The lowest BCUT2D eigenvalue weighted by Gasteiger charge is -2.32. The number of halogens is 3. The van der Waals surface area contributed by atoms with Crippen molar-refractivity contribution < 1.29 is 22.7 Å². The molecule has 2 heterocycles. The number of ether oxygens (including phenoxy) is 1. The zero-order chi connectivity index (χ0) is 19.4. The van der Waals surface area contributed by atoms with Gasteiger partial charge in [0.25, 0.3) is 5.91 Å². The number of pyridine rings is 1. The summed E-state index contributed by atoms with van der Waals surface area (Å²) in [7, 11) is 0. The van der Waals surface area contributed by atoms with Crippen molar-refractivity contribution in [3.8, 4) is 0 Å². The molecule has 1 atom stereocenters. The molecule has 1 amide bonds. The Bertz CT molecular complexity index is 794. The van der Waals surface area contributed by atoms with Gasteiger partial charge in [-0.15, -0.1) is 0 Å². The first-order valence-corrected chi connectivity index (χ1v) is 8.60. The molecule has 3 rings (SSSR count). The second kappa shape index (κ2) is 7.96. The minimum Gasteiger partial charge on any atom is -0.375 e. The predicted molar refractivity (Wildman–Crippen MR) is 94.5 cm³/mol. The summed E-state index contributed by atoms with van der Waals surface area (Å²) in [6, 6.07) is 8.37. The summed E-state index contributed by atoms with van der Waals surface area (Å²) in [6.45, 7) is 4.23. The maximum atomic E-state index is 13.0. The molecular formula is C19H20F3N3O2. The average molecular weight is 379 g/mol. The van der Waals surface area contributed by atoms with Crippen LogP contribution in [0.4, 0.5) is 19.0 Å². The topological polar surface area (TPSA) is 54.5 Å². The summed E-state index contributed by atoms with van der Waals surface area (Å²) < 4.78 is 44.5. The fourth-order valence-electron chi connectivity index (χ4n) is 2.94. The Balaban J connectivity index is 1.63. The third kappa shape index (κ3) is 4.77. The van der Waals surface area contributed by atoms with Crippen LogP contribution in [0.15, 0.2) is 42.6 Å². The fourth-order valence-corrected chi connectivity index (χ4v) is 2.94. The van der Waals surface area contributed by atoms with Crippen molar-refractivity contribution in [2.45, 2.75) is 25.7 Å². The Morgan fingerprint density at radius 2 is 2.07 bits per heavy atom. The molecule has 1 fully saturated rings. The minimum absolute atomic E-state index is 0.0951. The monoisotopic (exact) mass is 379 g/mol. The van der Waals surface area contributed by atoms with E-state index in [4.69, 9.17) is 4.74 Å². The zero-order valence-electron chi connectivity index (χ0n) is 14.8. The molecule has 1 aromatic carbocycles. The molecule has 0 aliphatic carbocycles. The number of benzene rings is 1. The van der Waals surface area contributed by atoms with Gasteiger partial charge in [0, 0.05) is 25.8 Å². The lowest BCUT2D eigenvalue weighted by atomic mass is 10.1. The van der Waals surface area contributed by atoms with Crippen LogP contribution in [0, 0.1) is 0 Å². The van der Waals surface area contributed by atoms with Gasteiger partial charge in [0.15, 0.2) is 0 Å². The van der Waals surface area contributed by atoms with Crippen LogP contribution in [0.25, 0.3) is 0 Å². The summed E-state index contributed by atoms with van der Waals surface area (Å²) in [5.74, 6) is 0.0386. The first-order valence-electron chi connectivity index (χ1n) is 8.60. The SMILES string of the molecule is C[C@@H]1CN(c2ccc(CNC(=O)c3ccccc3C(F)(F)F)cn2)CCO1. The second-order valence-electron chi connectivity index (χ2n) is 6.38. The van der Waals surface area contributed by atoms with Crippen LogP contribution >= 0.6 is 0 Å². The normalized spacial score (nSPS) is 17.6. The number of carbonyl (C=O) groups excluding carboxylic acids is 1. The van der Waals surface area contributed by atoms with E-state index in [9.17, 15) is 18.0 Å². The highest BCUT2D eigenvalue weighted by molar-refractivity contribution is 5.95. The number of morpholine rings is 1. The van der Waals surface area contributed by atoms with Crippen molar-refractivity contribution in [2.75, 3.05) is 24.6 Å². The Kier molecular flexibility index (Phi) is 5.65. The number of hydrogen-bond donors (Lipinski definition) is 1. The van der Waals surface area contributed by atoms with Gasteiger partial charge in [-0.05, 0) is 30.7 Å². The molecule has 8 heteroatoms. The van der Waals surface area contributed by atoms with Crippen LogP contribution in [-0.2, 0) is 17.5 Å². The van der Waals surface area contributed by atoms with Crippen LogP contribution in [0.2, 0.25) is 0 Å². The van der Waals surface area contributed by atoms with Crippen molar-refractivity contribution in [2.24, 2.45) is 0 Å². The molecule has 0 spiro atoms. The molecule has 2 aromatic rings. The fraction of sp³-hybridized carbons (Fsp3) is 0.368. The van der Waals surface area contributed by atoms with Gasteiger partial charge in [-0.25, -0.2) is 4.98 Å². The molecule has 5 nitrogen and oxygen atoms in total. The quantitative estimate of drug-likeness (QED) is 0.886. The van der Waals surface area contributed by atoms with Crippen LogP contribution in [-0.4, -0.2) is 36.7 Å². The Labute approximate surface area is 155 Å². The van der Waals surface area contributed by atoms with Crippen molar-refractivity contribution in [3.63, 3.8) is 0 Å². The number of nitrogens with zero attached hydrogens (tertiary/aromatic N) is 2. The highest BCUT2D eigenvalue weighted by atomic mass is 19.4.